The highest BCUT2D eigenvalue weighted by molar-refractivity contribution is 7.90. The minimum absolute atomic E-state index is 0.0591. The van der Waals surface area contributed by atoms with Gasteiger partial charge in [-0.2, -0.15) is 0 Å². The SMILES string of the molecule is CS(=O)(=O)c1ccc(COc2ccc(C(=O)N3CCC[C@H]3CN3CCCC3)cc2F)cc1. The molecule has 172 valence electrons. The molecule has 0 radical (unpaired) electrons. The highest BCUT2D eigenvalue weighted by Crippen LogP contribution is 2.25. The summed E-state index contributed by atoms with van der Waals surface area (Å²) in [6.45, 7) is 3.89. The fourth-order valence-electron chi connectivity index (χ4n) is 4.47. The third kappa shape index (κ3) is 5.30. The van der Waals surface area contributed by atoms with Gasteiger partial charge in [-0.1, -0.05) is 12.1 Å². The molecule has 32 heavy (non-hydrogen) atoms. The summed E-state index contributed by atoms with van der Waals surface area (Å²) in [4.78, 5) is 17.6. The summed E-state index contributed by atoms with van der Waals surface area (Å²) >= 11 is 0. The zero-order valence-corrected chi connectivity index (χ0v) is 19.1. The molecule has 0 spiro atoms. The standard InChI is InChI=1S/C24H29FN2O4S/c1-32(29,30)21-9-6-18(7-10-21)17-31-23-11-8-19(15-22(23)25)24(28)27-14-4-5-20(27)16-26-12-2-3-13-26/h6-11,15,20H,2-5,12-14,16-17H2,1H3/t20-/m0/s1. The van der Waals surface area contributed by atoms with E-state index in [2.05, 4.69) is 4.90 Å². The molecule has 2 heterocycles. The molecule has 6 nitrogen and oxygen atoms in total. The first-order chi connectivity index (χ1) is 15.3. The van der Waals surface area contributed by atoms with Gasteiger partial charge in [-0.15, -0.1) is 0 Å². The molecule has 2 saturated heterocycles. The van der Waals surface area contributed by atoms with Crippen molar-refractivity contribution in [2.24, 2.45) is 0 Å². The minimum Gasteiger partial charge on any atom is -0.486 e. The third-order valence-corrected chi connectivity index (χ3v) is 7.36. The van der Waals surface area contributed by atoms with E-state index in [4.69, 9.17) is 4.74 Å². The number of likely N-dealkylation sites (tertiary alicyclic amines) is 2. The van der Waals surface area contributed by atoms with Gasteiger partial charge in [0, 0.05) is 31.0 Å². The number of amides is 1. The van der Waals surface area contributed by atoms with Crippen LogP contribution in [0.1, 0.15) is 41.6 Å². The molecule has 1 atom stereocenters. The van der Waals surface area contributed by atoms with E-state index in [1.807, 2.05) is 4.90 Å². The van der Waals surface area contributed by atoms with Crippen LogP contribution < -0.4 is 4.74 Å². The van der Waals surface area contributed by atoms with Crippen LogP contribution in [0, 0.1) is 5.82 Å². The van der Waals surface area contributed by atoms with Gasteiger partial charge in [0.1, 0.15) is 6.61 Å². The number of halogens is 1. The Kier molecular flexibility index (Phi) is 6.81. The molecular formula is C24H29FN2O4S. The number of rotatable bonds is 7. The topological polar surface area (TPSA) is 66.9 Å². The van der Waals surface area contributed by atoms with E-state index in [1.165, 1.54) is 37.1 Å². The smallest absolute Gasteiger partial charge is 0.254 e. The summed E-state index contributed by atoms with van der Waals surface area (Å²) in [5.74, 6) is -0.656. The van der Waals surface area contributed by atoms with E-state index < -0.39 is 15.7 Å². The highest BCUT2D eigenvalue weighted by Gasteiger charge is 2.31. The van der Waals surface area contributed by atoms with Crippen LogP contribution >= 0.6 is 0 Å². The molecule has 2 aliphatic heterocycles. The predicted molar refractivity (Wildman–Crippen MR) is 120 cm³/mol. The number of ether oxygens (including phenoxy) is 1. The Morgan fingerprint density at radius 3 is 2.44 bits per heavy atom. The van der Waals surface area contributed by atoms with Crippen molar-refractivity contribution in [2.45, 2.75) is 43.2 Å². The maximum absolute atomic E-state index is 14.7. The Hall–Kier alpha value is -2.45. The van der Waals surface area contributed by atoms with Gasteiger partial charge in [-0.25, -0.2) is 12.8 Å². The van der Waals surface area contributed by atoms with Crippen LogP contribution in [0.15, 0.2) is 47.4 Å². The van der Waals surface area contributed by atoms with E-state index >= 15 is 0 Å². The molecule has 8 heteroatoms. The molecule has 2 aliphatic rings. The lowest BCUT2D eigenvalue weighted by Gasteiger charge is -2.28. The fraction of sp³-hybridized carbons (Fsp3) is 0.458. The number of hydrogen-bond donors (Lipinski definition) is 0. The predicted octanol–water partition coefficient (Wildman–Crippen LogP) is 3.51. The molecule has 0 N–H and O–H groups in total. The minimum atomic E-state index is -3.26. The average Bonchev–Trinajstić information content (AvgIpc) is 3.44. The second-order valence-electron chi connectivity index (χ2n) is 8.65. The van der Waals surface area contributed by atoms with E-state index in [-0.39, 0.29) is 29.2 Å². The van der Waals surface area contributed by atoms with Crippen molar-refractivity contribution < 1.29 is 22.3 Å². The highest BCUT2D eigenvalue weighted by atomic mass is 32.2. The Morgan fingerprint density at radius 2 is 1.78 bits per heavy atom. The third-order valence-electron chi connectivity index (χ3n) is 6.23. The summed E-state index contributed by atoms with van der Waals surface area (Å²) in [6, 6.07) is 10.8. The normalized spacial score (nSPS) is 19.4. The van der Waals surface area contributed by atoms with Crippen molar-refractivity contribution >= 4 is 15.7 Å². The first-order valence-corrected chi connectivity index (χ1v) is 12.9. The van der Waals surface area contributed by atoms with Gasteiger partial charge in [-0.05, 0) is 74.7 Å². The Balaban J connectivity index is 1.38. The number of nitrogens with zero attached hydrogens (tertiary/aromatic N) is 2. The van der Waals surface area contributed by atoms with Crippen LogP contribution in [-0.2, 0) is 16.4 Å². The van der Waals surface area contributed by atoms with Gasteiger partial charge in [0.15, 0.2) is 21.4 Å². The van der Waals surface area contributed by atoms with Gasteiger partial charge in [0.25, 0.3) is 5.91 Å². The van der Waals surface area contributed by atoms with Crippen molar-refractivity contribution in [3.63, 3.8) is 0 Å². The number of hydrogen-bond acceptors (Lipinski definition) is 5. The molecule has 0 aliphatic carbocycles. The Morgan fingerprint density at radius 1 is 1.06 bits per heavy atom. The van der Waals surface area contributed by atoms with E-state index in [1.54, 1.807) is 18.2 Å². The maximum Gasteiger partial charge on any atom is 0.254 e. The van der Waals surface area contributed by atoms with Crippen LogP contribution in [0.4, 0.5) is 4.39 Å². The maximum atomic E-state index is 14.7. The van der Waals surface area contributed by atoms with Crippen LogP contribution in [0.5, 0.6) is 5.75 Å². The molecule has 1 amide bonds. The molecule has 0 aromatic heterocycles. The van der Waals surface area contributed by atoms with Crippen molar-refractivity contribution in [3.05, 3.63) is 59.4 Å². The Bertz CT molecular complexity index is 1070. The largest absolute Gasteiger partial charge is 0.486 e. The quantitative estimate of drug-likeness (QED) is 0.633. The molecule has 4 rings (SSSR count). The van der Waals surface area contributed by atoms with Crippen molar-refractivity contribution in [3.8, 4) is 5.75 Å². The van der Waals surface area contributed by atoms with Gasteiger partial charge >= 0.3 is 0 Å². The van der Waals surface area contributed by atoms with Crippen molar-refractivity contribution in [2.75, 3.05) is 32.4 Å². The summed E-state index contributed by atoms with van der Waals surface area (Å²) < 4.78 is 43.3. The number of carbonyl (C=O) groups excluding carboxylic acids is 1. The molecule has 0 bridgehead atoms. The molecule has 0 unspecified atom stereocenters. The summed E-state index contributed by atoms with van der Waals surface area (Å²) in [5.41, 5.74) is 1.06. The first-order valence-electron chi connectivity index (χ1n) is 11.1. The number of benzene rings is 2. The van der Waals surface area contributed by atoms with Gasteiger partial charge in [-0.3, -0.25) is 4.79 Å². The second kappa shape index (κ2) is 9.58. The van der Waals surface area contributed by atoms with E-state index in [0.29, 0.717) is 12.1 Å². The molecule has 2 aromatic carbocycles. The van der Waals surface area contributed by atoms with Crippen LogP contribution in [0.2, 0.25) is 0 Å². The lowest BCUT2D eigenvalue weighted by molar-refractivity contribution is 0.0708. The molecule has 0 saturated carbocycles. The van der Waals surface area contributed by atoms with Crippen LogP contribution in [0.25, 0.3) is 0 Å². The van der Waals surface area contributed by atoms with Crippen molar-refractivity contribution in [1.82, 2.24) is 9.80 Å². The summed E-state index contributed by atoms with van der Waals surface area (Å²) in [5, 5.41) is 0. The monoisotopic (exact) mass is 460 g/mol. The van der Waals surface area contributed by atoms with E-state index in [0.717, 1.165) is 44.3 Å². The van der Waals surface area contributed by atoms with Gasteiger partial charge < -0.3 is 14.5 Å². The summed E-state index contributed by atoms with van der Waals surface area (Å²) in [6.07, 6.45) is 5.55. The van der Waals surface area contributed by atoms with Gasteiger partial charge in [0.2, 0.25) is 0 Å². The second-order valence-corrected chi connectivity index (χ2v) is 10.7. The lowest BCUT2D eigenvalue weighted by atomic mass is 10.1. The fourth-order valence-corrected chi connectivity index (χ4v) is 5.10. The summed E-state index contributed by atoms with van der Waals surface area (Å²) in [7, 11) is -3.26. The molecule has 2 aromatic rings. The number of carbonyl (C=O) groups is 1. The molecule has 2 fully saturated rings. The first kappa shape index (κ1) is 22.7. The average molecular weight is 461 g/mol. The molecular weight excluding hydrogens is 431 g/mol. The van der Waals surface area contributed by atoms with Gasteiger partial charge in [0.05, 0.1) is 4.90 Å². The zero-order chi connectivity index (χ0) is 22.7. The number of sulfone groups is 1. The lowest BCUT2D eigenvalue weighted by Crippen LogP contribution is -2.42. The van der Waals surface area contributed by atoms with Crippen molar-refractivity contribution in [1.29, 1.82) is 0 Å². The van der Waals surface area contributed by atoms with Crippen LogP contribution in [0.3, 0.4) is 0 Å². The van der Waals surface area contributed by atoms with Crippen LogP contribution in [-0.4, -0.2) is 62.6 Å². The van der Waals surface area contributed by atoms with E-state index in [9.17, 15) is 17.6 Å². The Labute approximate surface area is 188 Å². The zero-order valence-electron chi connectivity index (χ0n) is 18.3.